The minimum absolute atomic E-state index is 0.00569. The van der Waals surface area contributed by atoms with Gasteiger partial charge < -0.3 is 14.6 Å². The lowest BCUT2D eigenvalue weighted by atomic mass is 10.1. The summed E-state index contributed by atoms with van der Waals surface area (Å²) >= 11 is 0. The molecule has 0 fully saturated rings. The molecule has 0 rings (SSSR count). The summed E-state index contributed by atoms with van der Waals surface area (Å²) in [7, 11) is 1.60. The second-order valence-electron chi connectivity index (χ2n) is 2.63. The predicted molar refractivity (Wildman–Crippen MR) is 43.7 cm³/mol. The minimum atomic E-state index is -0.314. The molecule has 4 heteroatoms. The van der Waals surface area contributed by atoms with Gasteiger partial charge in [-0.3, -0.25) is 4.79 Å². The first-order valence-electron chi connectivity index (χ1n) is 3.93. The van der Waals surface area contributed by atoms with Gasteiger partial charge in [-0.25, -0.2) is 0 Å². The zero-order valence-electron chi connectivity index (χ0n) is 7.58. The molecule has 0 unspecified atom stereocenters. The largest absolute Gasteiger partial charge is 0.465 e. The van der Waals surface area contributed by atoms with Gasteiger partial charge in [0.15, 0.2) is 0 Å². The minimum Gasteiger partial charge on any atom is -0.465 e. The average molecular weight is 176 g/mol. The van der Waals surface area contributed by atoms with Crippen molar-refractivity contribution in [3.05, 3.63) is 0 Å². The number of esters is 1. The number of carbonyl (C=O) groups excluding carboxylic acids is 1. The van der Waals surface area contributed by atoms with Gasteiger partial charge in [-0.2, -0.15) is 0 Å². The Morgan fingerprint density at radius 3 is 2.67 bits per heavy atom. The third-order valence-electron chi connectivity index (χ3n) is 1.51. The van der Waals surface area contributed by atoms with Crippen LogP contribution in [0.25, 0.3) is 0 Å². The molecule has 0 spiro atoms. The van der Waals surface area contributed by atoms with E-state index in [-0.39, 0.29) is 25.1 Å². The third-order valence-corrected chi connectivity index (χ3v) is 1.51. The summed E-state index contributed by atoms with van der Waals surface area (Å²) in [6, 6.07) is 0. The first kappa shape index (κ1) is 11.4. The fourth-order valence-electron chi connectivity index (χ4n) is 0.747. The lowest BCUT2D eigenvalue weighted by Gasteiger charge is -2.12. The highest BCUT2D eigenvalue weighted by Crippen LogP contribution is 2.02. The van der Waals surface area contributed by atoms with Crippen LogP contribution in [0.3, 0.4) is 0 Å². The number of methoxy groups -OCH3 is 1. The van der Waals surface area contributed by atoms with Gasteiger partial charge in [0.25, 0.3) is 0 Å². The standard InChI is InChI=1S/C8H16O4/c1-7(10)12-6-8(5-9)3-4-11-2/h8-9H,3-6H2,1-2H3/t8-/m1/s1. The Morgan fingerprint density at radius 2 is 2.25 bits per heavy atom. The van der Waals surface area contributed by atoms with Crippen LogP contribution in [0.5, 0.6) is 0 Å². The summed E-state index contributed by atoms with van der Waals surface area (Å²) in [6.45, 7) is 2.23. The van der Waals surface area contributed by atoms with Crippen molar-refractivity contribution in [2.24, 2.45) is 5.92 Å². The van der Waals surface area contributed by atoms with E-state index in [1.807, 2.05) is 0 Å². The maximum atomic E-state index is 10.4. The van der Waals surface area contributed by atoms with Crippen LogP contribution in [0.2, 0.25) is 0 Å². The molecule has 0 aliphatic heterocycles. The van der Waals surface area contributed by atoms with Gasteiger partial charge >= 0.3 is 5.97 Å². The lowest BCUT2D eigenvalue weighted by Crippen LogP contribution is -2.17. The van der Waals surface area contributed by atoms with Gasteiger partial charge in [0.05, 0.1) is 6.61 Å². The Labute approximate surface area is 72.5 Å². The van der Waals surface area contributed by atoms with E-state index < -0.39 is 0 Å². The molecule has 0 bridgehead atoms. The van der Waals surface area contributed by atoms with Crippen LogP contribution in [-0.2, 0) is 14.3 Å². The molecule has 12 heavy (non-hydrogen) atoms. The maximum Gasteiger partial charge on any atom is 0.302 e. The number of hydrogen-bond donors (Lipinski definition) is 1. The molecule has 72 valence electrons. The molecule has 0 saturated carbocycles. The van der Waals surface area contributed by atoms with E-state index in [1.54, 1.807) is 7.11 Å². The summed E-state index contributed by atoms with van der Waals surface area (Å²) in [5, 5.41) is 8.82. The summed E-state index contributed by atoms with van der Waals surface area (Å²) in [5.41, 5.74) is 0. The molecule has 0 heterocycles. The van der Waals surface area contributed by atoms with Crippen LogP contribution in [0.15, 0.2) is 0 Å². The van der Waals surface area contributed by atoms with E-state index in [0.29, 0.717) is 13.0 Å². The van der Waals surface area contributed by atoms with Crippen molar-refractivity contribution in [3.8, 4) is 0 Å². The van der Waals surface area contributed by atoms with E-state index in [4.69, 9.17) is 14.6 Å². The van der Waals surface area contributed by atoms with E-state index in [2.05, 4.69) is 0 Å². The molecule has 0 saturated heterocycles. The Kier molecular flexibility index (Phi) is 6.70. The number of hydrogen-bond acceptors (Lipinski definition) is 4. The van der Waals surface area contributed by atoms with Crippen LogP contribution in [0, 0.1) is 5.92 Å². The van der Waals surface area contributed by atoms with Gasteiger partial charge in [0, 0.05) is 33.2 Å². The number of carbonyl (C=O) groups is 1. The fraction of sp³-hybridized carbons (Fsp3) is 0.875. The van der Waals surface area contributed by atoms with Crippen molar-refractivity contribution in [2.45, 2.75) is 13.3 Å². The number of aliphatic hydroxyl groups is 1. The number of ether oxygens (including phenoxy) is 2. The molecule has 0 amide bonds. The third kappa shape index (κ3) is 6.12. The zero-order valence-corrected chi connectivity index (χ0v) is 7.58. The Morgan fingerprint density at radius 1 is 1.58 bits per heavy atom. The van der Waals surface area contributed by atoms with Crippen LogP contribution >= 0.6 is 0 Å². The van der Waals surface area contributed by atoms with Gasteiger partial charge in [-0.05, 0) is 6.42 Å². The van der Waals surface area contributed by atoms with Crippen LogP contribution < -0.4 is 0 Å². The van der Waals surface area contributed by atoms with Crippen LogP contribution in [0.4, 0.5) is 0 Å². The first-order valence-corrected chi connectivity index (χ1v) is 3.93. The molecule has 0 aromatic heterocycles. The Bertz CT molecular complexity index is 124. The molecule has 0 radical (unpaired) electrons. The molecule has 0 aromatic carbocycles. The maximum absolute atomic E-state index is 10.4. The predicted octanol–water partition coefficient (Wildman–Crippen LogP) is 0.194. The van der Waals surface area contributed by atoms with Crippen molar-refractivity contribution in [2.75, 3.05) is 26.9 Å². The quantitative estimate of drug-likeness (QED) is 0.587. The molecule has 0 aromatic rings. The molecule has 0 aliphatic carbocycles. The summed E-state index contributed by atoms with van der Waals surface area (Å²) in [6.07, 6.45) is 0.709. The highest BCUT2D eigenvalue weighted by molar-refractivity contribution is 5.65. The molecule has 4 nitrogen and oxygen atoms in total. The van der Waals surface area contributed by atoms with Gasteiger partial charge in [-0.15, -0.1) is 0 Å². The van der Waals surface area contributed by atoms with Crippen molar-refractivity contribution in [1.82, 2.24) is 0 Å². The highest BCUT2D eigenvalue weighted by Gasteiger charge is 2.08. The van der Waals surface area contributed by atoms with E-state index in [0.717, 1.165) is 0 Å². The summed E-state index contributed by atoms with van der Waals surface area (Å²) in [4.78, 5) is 10.4. The SMILES string of the molecule is COCC[C@H](CO)COC(C)=O. The van der Waals surface area contributed by atoms with Crippen molar-refractivity contribution in [3.63, 3.8) is 0 Å². The van der Waals surface area contributed by atoms with Crippen LogP contribution in [-0.4, -0.2) is 38.0 Å². The molecule has 0 aliphatic rings. The number of aliphatic hydroxyl groups excluding tert-OH is 1. The van der Waals surface area contributed by atoms with E-state index in [9.17, 15) is 4.79 Å². The zero-order chi connectivity index (χ0) is 9.40. The molecular weight excluding hydrogens is 160 g/mol. The smallest absolute Gasteiger partial charge is 0.302 e. The topological polar surface area (TPSA) is 55.8 Å². The summed E-state index contributed by atoms with van der Waals surface area (Å²) < 4.78 is 9.57. The van der Waals surface area contributed by atoms with Gasteiger partial charge in [0.2, 0.25) is 0 Å². The van der Waals surface area contributed by atoms with Crippen LogP contribution in [0.1, 0.15) is 13.3 Å². The molecule has 1 N–H and O–H groups in total. The van der Waals surface area contributed by atoms with E-state index >= 15 is 0 Å². The van der Waals surface area contributed by atoms with E-state index in [1.165, 1.54) is 6.92 Å². The normalized spacial score (nSPS) is 12.6. The Balaban J connectivity index is 3.45. The molecular formula is C8H16O4. The van der Waals surface area contributed by atoms with Gasteiger partial charge in [-0.1, -0.05) is 0 Å². The van der Waals surface area contributed by atoms with Gasteiger partial charge in [0.1, 0.15) is 0 Å². The van der Waals surface area contributed by atoms with Crippen molar-refractivity contribution in [1.29, 1.82) is 0 Å². The molecule has 1 atom stereocenters. The number of rotatable bonds is 6. The fourth-order valence-corrected chi connectivity index (χ4v) is 0.747. The summed E-state index contributed by atoms with van der Waals surface area (Å²) in [5.74, 6) is -0.320. The van der Waals surface area contributed by atoms with Crippen molar-refractivity contribution >= 4 is 5.97 Å². The second kappa shape index (κ2) is 7.06. The monoisotopic (exact) mass is 176 g/mol. The lowest BCUT2D eigenvalue weighted by molar-refractivity contribution is -0.142. The first-order chi connectivity index (χ1) is 5.70. The highest BCUT2D eigenvalue weighted by atomic mass is 16.5. The Hall–Kier alpha value is -0.610. The average Bonchev–Trinajstić information content (AvgIpc) is 2.05. The second-order valence-corrected chi connectivity index (χ2v) is 2.63. The van der Waals surface area contributed by atoms with Crippen molar-refractivity contribution < 1.29 is 19.4 Å².